The molecule has 0 radical (unpaired) electrons. The van der Waals surface area contributed by atoms with E-state index in [2.05, 4.69) is 10.6 Å². The van der Waals surface area contributed by atoms with Crippen LogP contribution in [0.15, 0.2) is 78.9 Å². The van der Waals surface area contributed by atoms with Crippen molar-refractivity contribution in [2.45, 2.75) is 50.9 Å². The second-order valence-electron chi connectivity index (χ2n) is 8.88. The molecule has 5 heteroatoms. The van der Waals surface area contributed by atoms with Gasteiger partial charge in [-0.3, -0.25) is 9.59 Å². The van der Waals surface area contributed by atoms with Gasteiger partial charge in [0.25, 0.3) is 11.8 Å². The highest BCUT2D eigenvalue weighted by Crippen LogP contribution is 2.39. The van der Waals surface area contributed by atoms with Gasteiger partial charge < -0.3 is 15.5 Å². The van der Waals surface area contributed by atoms with Crippen LogP contribution in [0.3, 0.4) is 0 Å². The lowest BCUT2D eigenvalue weighted by molar-refractivity contribution is 0.0600. The van der Waals surface area contributed by atoms with E-state index in [1.165, 1.54) is 19.3 Å². The first-order chi connectivity index (χ1) is 16.2. The predicted molar refractivity (Wildman–Crippen MR) is 130 cm³/mol. The molecule has 1 saturated carbocycles. The number of carbonyl (C=O) groups excluding carboxylic acids is 2. The third-order valence-electron chi connectivity index (χ3n) is 6.71. The van der Waals surface area contributed by atoms with E-state index in [1.807, 2.05) is 83.8 Å². The first kappa shape index (κ1) is 21.3. The van der Waals surface area contributed by atoms with Gasteiger partial charge >= 0.3 is 0 Å². The zero-order valence-corrected chi connectivity index (χ0v) is 18.7. The van der Waals surface area contributed by atoms with E-state index in [9.17, 15) is 9.59 Å². The average molecular weight is 440 g/mol. The summed E-state index contributed by atoms with van der Waals surface area (Å²) in [6, 6.07) is 25.5. The van der Waals surface area contributed by atoms with E-state index in [4.69, 9.17) is 0 Å². The van der Waals surface area contributed by atoms with E-state index in [0.717, 1.165) is 35.2 Å². The molecule has 3 aromatic rings. The Balaban J connectivity index is 1.31. The van der Waals surface area contributed by atoms with E-state index >= 15 is 0 Å². The Morgan fingerprint density at radius 1 is 0.848 bits per heavy atom. The normalized spacial score (nSPS) is 18.1. The number of amides is 2. The molecule has 3 aromatic carbocycles. The highest BCUT2D eigenvalue weighted by atomic mass is 16.2. The molecule has 0 saturated heterocycles. The van der Waals surface area contributed by atoms with Crippen molar-refractivity contribution in [2.75, 3.05) is 5.32 Å². The van der Waals surface area contributed by atoms with Crippen LogP contribution in [0.25, 0.3) is 0 Å². The first-order valence-electron chi connectivity index (χ1n) is 11.8. The highest BCUT2D eigenvalue weighted by molar-refractivity contribution is 6.00. The largest absolute Gasteiger partial charge is 0.361 e. The molecule has 2 amide bonds. The standard InChI is InChI=1S/C28H29N3O2/c32-27(29-19-20-9-3-1-4-10-20)21-15-17-22(18-16-21)30-26-24-13-7-8-14-25(24)28(33)31(26)23-11-5-2-6-12-23/h1,3-4,7-10,13-18,23,26,30H,2,5-6,11-12,19H2,(H,29,32). The number of carbonyl (C=O) groups is 2. The molecule has 168 valence electrons. The molecule has 5 rings (SSSR count). The molecule has 1 heterocycles. The maximum absolute atomic E-state index is 13.3. The minimum Gasteiger partial charge on any atom is -0.361 e. The summed E-state index contributed by atoms with van der Waals surface area (Å²) < 4.78 is 0. The predicted octanol–water partition coefficient (Wildman–Crippen LogP) is 5.52. The van der Waals surface area contributed by atoms with Crippen LogP contribution >= 0.6 is 0 Å². The van der Waals surface area contributed by atoms with Gasteiger partial charge in [-0.25, -0.2) is 0 Å². The summed E-state index contributed by atoms with van der Waals surface area (Å²) in [7, 11) is 0. The van der Waals surface area contributed by atoms with Crippen molar-refractivity contribution in [1.29, 1.82) is 0 Å². The fourth-order valence-corrected chi connectivity index (χ4v) is 4.98. The zero-order valence-electron chi connectivity index (χ0n) is 18.7. The van der Waals surface area contributed by atoms with Gasteiger partial charge in [-0.2, -0.15) is 0 Å². The molecular formula is C28H29N3O2. The second kappa shape index (κ2) is 9.49. The molecule has 1 fully saturated rings. The molecule has 0 spiro atoms. The third-order valence-corrected chi connectivity index (χ3v) is 6.71. The summed E-state index contributed by atoms with van der Waals surface area (Å²) in [6.45, 7) is 0.497. The summed E-state index contributed by atoms with van der Waals surface area (Å²) in [5.41, 5.74) is 4.39. The monoisotopic (exact) mass is 439 g/mol. The van der Waals surface area contributed by atoms with E-state index in [1.54, 1.807) is 0 Å². The van der Waals surface area contributed by atoms with Crippen molar-refractivity contribution < 1.29 is 9.59 Å². The number of rotatable bonds is 6. The molecule has 1 aliphatic carbocycles. The number of anilines is 1. The average Bonchev–Trinajstić information content (AvgIpc) is 3.15. The number of hydrogen-bond donors (Lipinski definition) is 2. The van der Waals surface area contributed by atoms with Gasteiger partial charge in [0, 0.05) is 35.0 Å². The fourth-order valence-electron chi connectivity index (χ4n) is 4.98. The molecule has 2 N–H and O–H groups in total. The summed E-state index contributed by atoms with van der Waals surface area (Å²) >= 11 is 0. The van der Waals surface area contributed by atoms with E-state index in [-0.39, 0.29) is 24.0 Å². The van der Waals surface area contributed by atoms with E-state index < -0.39 is 0 Å². The Morgan fingerprint density at radius 3 is 2.30 bits per heavy atom. The molecule has 0 bridgehead atoms. The molecule has 1 aliphatic heterocycles. The lowest BCUT2D eigenvalue weighted by Gasteiger charge is -2.36. The van der Waals surface area contributed by atoms with Crippen LogP contribution in [0.5, 0.6) is 0 Å². The molecule has 2 aliphatic rings. The Morgan fingerprint density at radius 2 is 1.55 bits per heavy atom. The van der Waals surface area contributed by atoms with Crippen LogP contribution < -0.4 is 10.6 Å². The Labute approximate surface area is 194 Å². The lowest BCUT2D eigenvalue weighted by atomic mass is 9.94. The molecule has 5 nitrogen and oxygen atoms in total. The minimum absolute atomic E-state index is 0.101. The van der Waals surface area contributed by atoms with Crippen molar-refractivity contribution in [3.63, 3.8) is 0 Å². The summed E-state index contributed by atoms with van der Waals surface area (Å²) in [4.78, 5) is 27.9. The Bertz CT molecular complexity index is 1120. The molecule has 0 aromatic heterocycles. The van der Waals surface area contributed by atoms with Crippen LogP contribution in [0.2, 0.25) is 0 Å². The Hall–Kier alpha value is -3.60. The summed E-state index contributed by atoms with van der Waals surface area (Å²) in [5.74, 6) is 0.0162. The van der Waals surface area contributed by atoms with Crippen molar-refractivity contribution in [3.8, 4) is 0 Å². The van der Waals surface area contributed by atoms with Gasteiger partial charge in [0.2, 0.25) is 0 Å². The third kappa shape index (κ3) is 4.49. The second-order valence-corrected chi connectivity index (χ2v) is 8.88. The summed E-state index contributed by atoms with van der Waals surface area (Å²) in [5, 5.41) is 6.54. The quantitative estimate of drug-likeness (QED) is 0.532. The van der Waals surface area contributed by atoms with Crippen molar-refractivity contribution in [2.24, 2.45) is 0 Å². The number of hydrogen-bond acceptors (Lipinski definition) is 3. The van der Waals surface area contributed by atoms with Gasteiger partial charge in [-0.05, 0) is 48.7 Å². The number of nitrogens with zero attached hydrogens (tertiary/aromatic N) is 1. The van der Waals surface area contributed by atoms with E-state index in [0.29, 0.717) is 12.1 Å². The minimum atomic E-state index is -0.186. The maximum Gasteiger partial charge on any atom is 0.256 e. The lowest BCUT2D eigenvalue weighted by Crippen LogP contribution is -2.42. The SMILES string of the molecule is O=C(NCc1ccccc1)c1ccc(NC2c3ccccc3C(=O)N2C2CCCCC2)cc1. The van der Waals surface area contributed by atoms with Crippen molar-refractivity contribution in [1.82, 2.24) is 10.2 Å². The van der Waals surface area contributed by atoms with Gasteiger partial charge in [0.15, 0.2) is 0 Å². The van der Waals surface area contributed by atoms with Crippen LogP contribution in [0.4, 0.5) is 5.69 Å². The van der Waals surface area contributed by atoms with Crippen molar-refractivity contribution >= 4 is 17.5 Å². The van der Waals surface area contributed by atoms with Gasteiger partial charge in [0.1, 0.15) is 6.17 Å². The maximum atomic E-state index is 13.3. The molecular weight excluding hydrogens is 410 g/mol. The van der Waals surface area contributed by atoms with Crippen LogP contribution in [0.1, 0.15) is 70.1 Å². The smallest absolute Gasteiger partial charge is 0.256 e. The number of benzene rings is 3. The van der Waals surface area contributed by atoms with Gasteiger partial charge in [-0.1, -0.05) is 67.8 Å². The fraction of sp³-hybridized carbons (Fsp3) is 0.286. The number of fused-ring (bicyclic) bond motifs is 1. The summed E-state index contributed by atoms with van der Waals surface area (Å²) in [6.07, 6.45) is 5.51. The molecule has 1 atom stereocenters. The molecule has 33 heavy (non-hydrogen) atoms. The van der Waals surface area contributed by atoms with Crippen LogP contribution in [-0.2, 0) is 6.54 Å². The van der Waals surface area contributed by atoms with Crippen molar-refractivity contribution in [3.05, 3.63) is 101 Å². The van der Waals surface area contributed by atoms with Crippen LogP contribution in [0, 0.1) is 0 Å². The van der Waals surface area contributed by atoms with Crippen LogP contribution in [-0.4, -0.2) is 22.8 Å². The number of nitrogens with one attached hydrogen (secondary N) is 2. The first-order valence-corrected chi connectivity index (χ1v) is 11.8. The van der Waals surface area contributed by atoms with Gasteiger partial charge in [0.05, 0.1) is 0 Å². The zero-order chi connectivity index (χ0) is 22.6. The Kier molecular flexibility index (Phi) is 6.11. The topological polar surface area (TPSA) is 61.4 Å². The highest BCUT2D eigenvalue weighted by Gasteiger charge is 2.40. The molecule has 1 unspecified atom stereocenters. The van der Waals surface area contributed by atoms with Gasteiger partial charge in [-0.15, -0.1) is 0 Å².